The molecule has 1 amide bonds. The van der Waals surface area contributed by atoms with Gasteiger partial charge < -0.3 is 20.2 Å². The van der Waals surface area contributed by atoms with Gasteiger partial charge in [0.1, 0.15) is 5.82 Å². The Bertz CT molecular complexity index is 1120. The average Bonchev–Trinajstić information content (AvgIpc) is 2.82. The largest absolute Gasteiger partial charge is 0.478 e. The Hall–Kier alpha value is -3.14. The summed E-state index contributed by atoms with van der Waals surface area (Å²) in [6, 6.07) is 16.5. The number of hydrogen-bond donors (Lipinski definition) is 2. The van der Waals surface area contributed by atoms with Gasteiger partial charge in [-0.25, -0.2) is 9.78 Å². The summed E-state index contributed by atoms with van der Waals surface area (Å²) in [6.07, 6.45) is 1.61. The maximum Gasteiger partial charge on any atom is 0.335 e. The second kappa shape index (κ2) is 9.56. The molecule has 3 aromatic rings. The van der Waals surface area contributed by atoms with Crippen molar-refractivity contribution in [3.63, 3.8) is 0 Å². The predicted molar refractivity (Wildman–Crippen MR) is 134 cm³/mol. The van der Waals surface area contributed by atoms with Crippen molar-refractivity contribution in [1.82, 2.24) is 4.98 Å². The fourth-order valence-electron chi connectivity index (χ4n) is 3.59. The van der Waals surface area contributed by atoms with Gasteiger partial charge in [-0.15, -0.1) is 0 Å². The van der Waals surface area contributed by atoms with Crippen LogP contribution in [0, 0.1) is 10.5 Å². The Balaban J connectivity index is 1.34. The summed E-state index contributed by atoms with van der Waals surface area (Å²) >= 11 is 2.25. The molecule has 0 unspecified atom stereocenters. The van der Waals surface area contributed by atoms with E-state index in [4.69, 9.17) is 5.11 Å². The SMILES string of the molecule is Cc1ccc(NC(=O)c2ccc(N3CCN(c4ccc(C(=O)O)cc4)CC3)nc2)cc1I. The highest BCUT2D eigenvalue weighted by molar-refractivity contribution is 14.1. The second-order valence-electron chi connectivity index (χ2n) is 7.65. The minimum absolute atomic E-state index is 0.182. The number of aromatic carboxylic acids is 1. The summed E-state index contributed by atoms with van der Waals surface area (Å²) in [5.74, 6) is -0.260. The number of nitrogens with zero attached hydrogens (tertiary/aromatic N) is 3. The minimum atomic E-state index is -0.918. The molecule has 1 aliphatic heterocycles. The standard InChI is InChI=1S/C24H23IN4O3/c1-16-2-6-19(14-21(16)25)27-23(30)18-5-9-22(26-15-18)29-12-10-28(11-13-29)20-7-3-17(4-8-20)24(31)32/h2-9,14-15H,10-13H2,1H3,(H,27,30)(H,31,32). The van der Waals surface area contributed by atoms with Gasteiger partial charge in [0.2, 0.25) is 0 Å². The minimum Gasteiger partial charge on any atom is -0.478 e. The van der Waals surface area contributed by atoms with Gasteiger partial charge in [-0.05, 0) is 83.6 Å². The van der Waals surface area contributed by atoms with E-state index in [1.165, 1.54) is 5.56 Å². The van der Waals surface area contributed by atoms with Gasteiger partial charge in [-0.2, -0.15) is 0 Å². The van der Waals surface area contributed by atoms with Crippen molar-refractivity contribution in [3.05, 3.63) is 81.1 Å². The number of carbonyl (C=O) groups is 2. The molecule has 2 N–H and O–H groups in total. The molecule has 164 valence electrons. The lowest BCUT2D eigenvalue weighted by Crippen LogP contribution is -2.46. The number of halogens is 1. The number of rotatable bonds is 5. The predicted octanol–water partition coefficient (Wildman–Crippen LogP) is 4.27. The Morgan fingerprint density at radius 2 is 1.59 bits per heavy atom. The summed E-state index contributed by atoms with van der Waals surface area (Å²) in [6.45, 7) is 5.23. The van der Waals surface area contributed by atoms with E-state index >= 15 is 0 Å². The van der Waals surface area contributed by atoms with Crippen molar-refractivity contribution in [3.8, 4) is 0 Å². The summed E-state index contributed by atoms with van der Waals surface area (Å²) in [7, 11) is 0. The highest BCUT2D eigenvalue weighted by atomic mass is 127. The van der Waals surface area contributed by atoms with Crippen LogP contribution < -0.4 is 15.1 Å². The van der Waals surface area contributed by atoms with Gasteiger partial charge in [0.05, 0.1) is 11.1 Å². The first kappa shape index (κ1) is 22.1. The quantitative estimate of drug-likeness (QED) is 0.469. The highest BCUT2D eigenvalue weighted by Crippen LogP contribution is 2.21. The number of carboxylic acid groups (broad SMARTS) is 1. The van der Waals surface area contributed by atoms with Gasteiger partial charge in [0.15, 0.2) is 0 Å². The van der Waals surface area contributed by atoms with Crippen molar-refractivity contribution >= 4 is 51.7 Å². The summed E-state index contributed by atoms with van der Waals surface area (Å²) in [5, 5.41) is 12.0. The molecule has 32 heavy (non-hydrogen) atoms. The van der Waals surface area contributed by atoms with Crippen LogP contribution in [0.25, 0.3) is 0 Å². The number of carboxylic acids is 1. The molecule has 4 rings (SSSR count). The molecular formula is C24H23IN4O3. The third-order valence-corrected chi connectivity index (χ3v) is 6.69. The maximum absolute atomic E-state index is 12.6. The molecule has 2 aromatic carbocycles. The lowest BCUT2D eigenvalue weighted by Gasteiger charge is -2.36. The van der Waals surface area contributed by atoms with E-state index in [-0.39, 0.29) is 11.5 Å². The van der Waals surface area contributed by atoms with Gasteiger partial charge in [-0.1, -0.05) is 6.07 Å². The first-order valence-corrected chi connectivity index (χ1v) is 11.4. The molecule has 0 aliphatic carbocycles. The van der Waals surface area contributed by atoms with E-state index in [1.54, 1.807) is 24.4 Å². The van der Waals surface area contributed by atoms with E-state index in [0.29, 0.717) is 5.56 Å². The Kier molecular flexibility index (Phi) is 6.59. The molecule has 1 aromatic heterocycles. The van der Waals surface area contributed by atoms with E-state index in [1.807, 2.05) is 43.3 Å². The molecule has 2 heterocycles. The van der Waals surface area contributed by atoms with E-state index in [2.05, 4.69) is 42.7 Å². The lowest BCUT2D eigenvalue weighted by atomic mass is 10.2. The van der Waals surface area contributed by atoms with Crippen LogP contribution in [-0.4, -0.2) is 48.1 Å². The fraction of sp³-hybridized carbons (Fsp3) is 0.208. The number of aromatic nitrogens is 1. The van der Waals surface area contributed by atoms with Gasteiger partial charge >= 0.3 is 5.97 Å². The van der Waals surface area contributed by atoms with Crippen LogP contribution in [0.15, 0.2) is 60.8 Å². The molecule has 0 bridgehead atoms. The van der Waals surface area contributed by atoms with Crippen molar-refractivity contribution < 1.29 is 14.7 Å². The van der Waals surface area contributed by atoms with Gasteiger partial charge in [0, 0.05) is 47.3 Å². The van der Waals surface area contributed by atoms with Crippen LogP contribution in [0.3, 0.4) is 0 Å². The molecule has 0 radical (unpaired) electrons. The van der Waals surface area contributed by atoms with Crippen molar-refractivity contribution in [2.75, 3.05) is 41.3 Å². The van der Waals surface area contributed by atoms with E-state index in [0.717, 1.165) is 46.9 Å². The number of carbonyl (C=O) groups excluding carboxylic acids is 1. The van der Waals surface area contributed by atoms with E-state index < -0.39 is 5.97 Å². The number of benzene rings is 2. The molecule has 0 saturated carbocycles. The number of hydrogen-bond acceptors (Lipinski definition) is 5. The number of pyridine rings is 1. The molecule has 8 heteroatoms. The third kappa shape index (κ3) is 5.01. The van der Waals surface area contributed by atoms with Crippen LogP contribution in [0.2, 0.25) is 0 Å². The smallest absolute Gasteiger partial charge is 0.335 e. The summed E-state index contributed by atoms with van der Waals surface area (Å²) in [4.78, 5) is 32.5. The van der Waals surface area contributed by atoms with Crippen LogP contribution in [-0.2, 0) is 0 Å². The van der Waals surface area contributed by atoms with Crippen LogP contribution >= 0.6 is 22.6 Å². The molecule has 0 atom stereocenters. The highest BCUT2D eigenvalue weighted by Gasteiger charge is 2.19. The zero-order valence-corrected chi connectivity index (χ0v) is 19.7. The zero-order chi connectivity index (χ0) is 22.7. The summed E-state index contributed by atoms with van der Waals surface area (Å²) < 4.78 is 1.10. The normalized spacial score (nSPS) is 13.7. The number of aryl methyl sites for hydroxylation is 1. The molecule has 0 spiro atoms. The van der Waals surface area contributed by atoms with Crippen LogP contribution in [0.1, 0.15) is 26.3 Å². The van der Waals surface area contributed by atoms with Crippen LogP contribution in [0.4, 0.5) is 17.2 Å². The second-order valence-corrected chi connectivity index (χ2v) is 8.81. The first-order chi connectivity index (χ1) is 15.4. The number of piperazine rings is 1. The topological polar surface area (TPSA) is 85.8 Å². The number of nitrogens with one attached hydrogen (secondary N) is 1. The Morgan fingerprint density at radius 1 is 0.938 bits per heavy atom. The Labute approximate surface area is 200 Å². The molecular weight excluding hydrogens is 519 g/mol. The average molecular weight is 542 g/mol. The van der Waals surface area contributed by atoms with E-state index in [9.17, 15) is 9.59 Å². The molecule has 7 nitrogen and oxygen atoms in total. The fourth-order valence-corrected chi connectivity index (χ4v) is 4.11. The third-order valence-electron chi connectivity index (χ3n) is 5.52. The monoisotopic (exact) mass is 542 g/mol. The van der Waals surface area contributed by atoms with Crippen LogP contribution in [0.5, 0.6) is 0 Å². The van der Waals surface area contributed by atoms with Gasteiger partial charge in [-0.3, -0.25) is 4.79 Å². The van der Waals surface area contributed by atoms with Crippen molar-refractivity contribution in [2.45, 2.75) is 6.92 Å². The Morgan fingerprint density at radius 3 is 2.19 bits per heavy atom. The molecule has 1 saturated heterocycles. The molecule has 1 aliphatic rings. The van der Waals surface area contributed by atoms with Crippen molar-refractivity contribution in [2.24, 2.45) is 0 Å². The van der Waals surface area contributed by atoms with Gasteiger partial charge in [0.25, 0.3) is 5.91 Å². The number of anilines is 3. The maximum atomic E-state index is 12.6. The zero-order valence-electron chi connectivity index (χ0n) is 17.6. The van der Waals surface area contributed by atoms with Crippen molar-refractivity contribution in [1.29, 1.82) is 0 Å². The lowest BCUT2D eigenvalue weighted by molar-refractivity contribution is 0.0696. The number of amides is 1. The first-order valence-electron chi connectivity index (χ1n) is 10.3. The molecule has 1 fully saturated rings. The summed E-state index contributed by atoms with van der Waals surface area (Å²) in [5.41, 5.74) is 3.76.